The van der Waals surface area contributed by atoms with E-state index in [1.54, 1.807) is 31.4 Å². The van der Waals surface area contributed by atoms with Crippen molar-refractivity contribution in [3.63, 3.8) is 0 Å². The highest BCUT2D eigenvalue weighted by molar-refractivity contribution is 5.77. The summed E-state index contributed by atoms with van der Waals surface area (Å²) in [6.07, 6.45) is 1.51. The van der Waals surface area contributed by atoms with Crippen LogP contribution < -0.4 is 15.2 Å². The first-order valence-electron chi connectivity index (χ1n) is 5.55. The summed E-state index contributed by atoms with van der Waals surface area (Å²) in [5.74, 6) is 1.82. The van der Waals surface area contributed by atoms with Crippen LogP contribution in [-0.2, 0) is 0 Å². The Balaban J connectivity index is 1.97. The van der Waals surface area contributed by atoms with Crippen LogP contribution in [0.4, 0.5) is 5.95 Å². The lowest BCUT2D eigenvalue weighted by Crippen LogP contribution is -1.98. The molecule has 0 saturated carbocycles. The van der Waals surface area contributed by atoms with Gasteiger partial charge in [-0.1, -0.05) is 0 Å². The molecule has 0 radical (unpaired) electrons. The fourth-order valence-electron chi connectivity index (χ4n) is 1.65. The highest BCUT2D eigenvalue weighted by Crippen LogP contribution is 2.27. The molecule has 0 aliphatic carbocycles. The molecular weight excluding hydrogens is 246 g/mol. The summed E-state index contributed by atoms with van der Waals surface area (Å²) in [6.45, 7) is 0. The summed E-state index contributed by atoms with van der Waals surface area (Å²) in [7, 11) is 1.61. The highest BCUT2D eigenvalue weighted by Gasteiger charge is 2.10. The Morgan fingerprint density at radius 1 is 1.11 bits per heavy atom. The number of aromatic nitrogens is 4. The van der Waals surface area contributed by atoms with Gasteiger partial charge in [-0.15, -0.1) is 0 Å². The largest absolute Gasteiger partial charge is 0.497 e. The molecule has 0 fully saturated rings. The summed E-state index contributed by atoms with van der Waals surface area (Å²) in [5, 5.41) is 0. The number of H-pyrrole nitrogens is 1. The number of ether oxygens (including phenoxy) is 2. The molecule has 96 valence electrons. The minimum atomic E-state index is 0.114. The van der Waals surface area contributed by atoms with E-state index in [4.69, 9.17) is 15.2 Å². The summed E-state index contributed by atoms with van der Waals surface area (Å²) in [6, 6.07) is 7.15. The van der Waals surface area contributed by atoms with E-state index in [1.165, 1.54) is 6.33 Å². The van der Waals surface area contributed by atoms with Crippen molar-refractivity contribution >= 4 is 17.1 Å². The SMILES string of the molecule is COc1ccc(Oc2nc(N)nc3nc[nH]c23)cc1. The fourth-order valence-corrected chi connectivity index (χ4v) is 1.65. The molecule has 3 rings (SSSR count). The number of fused-ring (bicyclic) bond motifs is 1. The predicted octanol–water partition coefficient (Wildman–Crippen LogP) is 1.74. The Kier molecular flexibility index (Phi) is 2.64. The third-order valence-corrected chi connectivity index (χ3v) is 2.54. The third kappa shape index (κ3) is 2.13. The number of benzene rings is 1. The monoisotopic (exact) mass is 257 g/mol. The molecule has 0 bridgehead atoms. The zero-order valence-corrected chi connectivity index (χ0v) is 10.1. The van der Waals surface area contributed by atoms with E-state index in [1.807, 2.05) is 0 Å². The van der Waals surface area contributed by atoms with Gasteiger partial charge in [-0.2, -0.15) is 9.97 Å². The number of nitrogen functional groups attached to an aromatic ring is 1. The Labute approximate surface area is 108 Å². The topological polar surface area (TPSA) is 98.9 Å². The summed E-state index contributed by atoms with van der Waals surface area (Å²) < 4.78 is 10.8. The number of imidazole rings is 1. The van der Waals surface area contributed by atoms with Gasteiger partial charge in [-0.25, -0.2) is 4.98 Å². The van der Waals surface area contributed by atoms with Crippen LogP contribution in [0.2, 0.25) is 0 Å². The quantitative estimate of drug-likeness (QED) is 0.741. The van der Waals surface area contributed by atoms with E-state index < -0.39 is 0 Å². The molecule has 0 aliphatic heterocycles. The lowest BCUT2D eigenvalue weighted by molar-refractivity contribution is 0.412. The van der Waals surface area contributed by atoms with Crippen LogP contribution in [0, 0.1) is 0 Å². The fraction of sp³-hybridized carbons (Fsp3) is 0.0833. The first-order valence-corrected chi connectivity index (χ1v) is 5.55. The maximum Gasteiger partial charge on any atom is 0.250 e. The lowest BCUT2D eigenvalue weighted by atomic mass is 10.3. The molecule has 0 saturated heterocycles. The van der Waals surface area contributed by atoms with E-state index in [0.717, 1.165) is 5.75 Å². The van der Waals surface area contributed by atoms with Crippen molar-refractivity contribution in [2.24, 2.45) is 0 Å². The second kappa shape index (κ2) is 4.45. The number of hydrogen-bond donors (Lipinski definition) is 2. The van der Waals surface area contributed by atoms with E-state index in [0.29, 0.717) is 22.8 Å². The van der Waals surface area contributed by atoms with Gasteiger partial charge >= 0.3 is 0 Å². The molecule has 0 unspecified atom stereocenters. The Morgan fingerprint density at radius 3 is 2.58 bits per heavy atom. The number of aromatic amines is 1. The minimum absolute atomic E-state index is 0.114. The molecule has 0 spiro atoms. The summed E-state index contributed by atoms with van der Waals surface area (Å²) in [4.78, 5) is 15.0. The second-order valence-electron chi connectivity index (χ2n) is 3.77. The van der Waals surface area contributed by atoms with Crippen molar-refractivity contribution in [1.82, 2.24) is 19.9 Å². The lowest BCUT2D eigenvalue weighted by Gasteiger charge is -2.06. The van der Waals surface area contributed by atoms with Gasteiger partial charge < -0.3 is 20.2 Å². The maximum absolute atomic E-state index is 5.67. The third-order valence-electron chi connectivity index (χ3n) is 2.54. The van der Waals surface area contributed by atoms with Crippen LogP contribution in [0.5, 0.6) is 17.4 Å². The molecule has 3 aromatic rings. The molecular formula is C12H11N5O2. The van der Waals surface area contributed by atoms with E-state index in [9.17, 15) is 0 Å². The first kappa shape index (κ1) is 11.3. The minimum Gasteiger partial charge on any atom is -0.497 e. The Morgan fingerprint density at radius 2 is 1.84 bits per heavy atom. The van der Waals surface area contributed by atoms with Crippen LogP contribution in [0.1, 0.15) is 0 Å². The maximum atomic E-state index is 5.67. The average molecular weight is 257 g/mol. The number of hydrogen-bond acceptors (Lipinski definition) is 6. The zero-order valence-electron chi connectivity index (χ0n) is 10.1. The molecule has 0 amide bonds. The normalized spacial score (nSPS) is 10.6. The van der Waals surface area contributed by atoms with Crippen molar-refractivity contribution in [3.05, 3.63) is 30.6 Å². The molecule has 1 aromatic carbocycles. The first-order chi connectivity index (χ1) is 9.26. The van der Waals surface area contributed by atoms with Crippen LogP contribution in [-0.4, -0.2) is 27.0 Å². The van der Waals surface area contributed by atoms with Gasteiger partial charge in [0, 0.05) is 0 Å². The Hall–Kier alpha value is -2.83. The molecule has 19 heavy (non-hydrogen) atoms. The molecule has 7 heteroatoms. The van der Waals surface area contributed by atoms with E-state index in [-0.39, 0.29) is 5.95 Å². The van der Waals surface area contributed by atoms with Gasteiger partial charge in [0.15, 0.2) is 5.65 Å². The number of nitrogens with zero attached hydrogens (tertiary/aromatic N) is 3. The van der Waals surface area contributed by atoms with Crippen LogP contribution in [0.3, 0.4) is 0 Å². The summed E-state index contributed by atoms with van der Waals surface area (Å²) >= 11 is 0. The average Bonchev–Trinajstić information content (AvgIpc) is 2.88. The van der Waals surface area contributed by atoms with Crippen molar-refractivity contribution in [2.45, 2.75) is 0 Å². The second-order valence-corrected chi connectivity index (χ2v) is 3.77. The van der Waals surface area contributed by atoms with Crippen LogP contribution >= 0.6 is 0 Å². The molecule has 3 N–H and O–H groups in total. The summed E-state index contributed by atoms with van der Waals surface area (Å²) in [5.41, 5.74) is 6.68. The number of nitrogens with two attached hydrogens (primary N) is 1. The van der Waals surface area contributed by atoms with Crippen LogP contribution in [0.15, 0.2) is 30.6 Å². The van der Waals surface area contributed by atoms with Crippen molar-refractivity contribution in [2.75, 3.05) is 12.8 Å². The molecule has 0 aliphatic rings. The van der Waals surface area contributed by atoms with E-state index in [2.05, 4.69) is 19.9 Å². The highest BCUT2D eigenvalue weighted by atomic mass is 16.5. The van der Waals surface area contributed by atoms with Crippen molar-refractivity contribution in [1.29, 1.82) is 0 Å². The van der Waals surface area contributed by atoms with Gasteiger partial charge in [-0.05, 0) is 24.3 Å². The zero-order chi connectivity index (χ0) is 13.2. The van der Waals surface area contributed by atoms with Gasteiger partial charge in [0.1, 0.15) is 17.0 Å². The van der Waals surface area contributed by atoms with Crippen molar-refractivity contribution in [3.8, 4) is 17.4 Å². The predicted molar refractivity (Wildman–Crippen MR) is 69.2 cm³/mol. The molecule has 0 atom stereocenters. The van der Waals surface area contributed by atoms with Crippen molar-refractivity contribution < 1.29 is 9.47 Å². The van der Waals surface area contributed by atoms with Crippen LogP contribution in [0.25, 0.3) is 11.2 Å². The standard InChI is InChI=1S/C12H11N5O2/c1-18-7-2-4-8(5-3-7)19-11-9-10(15-6-14-9)16-12(13)17-11/h2-6H,1H3,(H3,13,14,15,16,17). The smallest absolute Gasteiger partial charge is 0.250 e. The van der Waals surface area contributed by atoms with Gasteiger partial charge in [0.25, 0.3) is 5.88 Å². The number of anilines is 1. The van der Waals surface area contributed by atoms with E-state index >= 15 is 0 Å². The number of methoxy groups -OCH3 is 1. The number of rotatable bonds is 3. The number of nitrogens with one attached hydrogen (secondary N) is 1. The molecule has 2 heterocycles. The van der Waals surface area contributed by atoms with Gasteiger partial charge in [-0.3, -0.25) is 0 Å². The van der Waals surface area contributed by atoms with Gasteiger partial charge in [0.05, 0.1) is 13.4 Å². The van der Waals surface area contributed by atoms with Gasteiger partial charge in [0.2, 0.25) is 5.95 Å². The molecule has 7 nitrogen and oxygen atoms in total. The molecule has 2 aromatic heterocycles. The Bertz CT molecular complexity index is 708.